The van der Waals surface area contributed by atoms with E-state index in [2.05, 4.69) is 23.8 Å². The van der Waals surface area contributed by atoms with Crippen LogP contribution < -0.4 is 0 Å². The van der Waals surface area contributed by atoms with Crippen LogP contribution in [-0.4, -0.2) is 28.3 Å². The van der Waals surface area contributed by atoms with Crippen LogP contribution in [0.2, 0.25) is 0 Å². The van der Waals surface area contributed by atoms with Crippen molar-refractivity contribution < 1.29 is 9.53 Å². The standard InChI is InChI=1S/C13H16N2O2S2/c1-6-7(2)18-11-10(6)12(15-9(4)14-11)19-8(3)13(16)17-5/h8H,1-5H3/t8-/m1/s1. The van der Waals surface area contributed by atoms with Crippen molar-refractivity contribution in [3.63, 3.8) is 0 Å². The number of thiophene rings is 1. The van der Waals surface area contributed by atoms with Gasteiger partial charge in [0.2, 0.25) is 0 Å². The van der Waals surface area contributed by atoms with Gasteiger partial charge in [-0.25, -0.2) is 9.97 Å². The van der Waals surface area contributed by atoms with Gasteiger partial charge in [0.15, 0.2) is 0 Å². The molecule has 2 heterocycles. The Hall–Kier alpha value is -1.14. The summed E-state index contributed by atoms with van der Waals surface area (Å²) >= 11 is 3.10. The Morgan fingerprint density at radius 1 is 1.32 bits per heavy atom. The lowest BCUT2D eigenvalue weighted by Gasteiger charge is -2.10. The SMILES string of the molecule is COC(=O)[C@@H](C)Sc1nc(C)nc2sc(C)c(C)c12. The number of rotatable bonds is 3. The fourth-order valence-corrected chi connectivity index (χ4v) is 4.00. The lowest BCUT2D eigenvalue weighted by Crippen LogP contribution is -2.15. The van der Waals surface area contributed by atoms with E-state index in [4.69, 9.17) is 4.74 Å². The zero-order chi connectivity index (χ0) is 14.2. The summed E-state index contributed by atoms with van der Waals surface area (Å²) in [6.07, 6.45) is 0. The lowest BCUT2D eigenvalue weighted by molar-refractivity contribution is -0.139. The van der Waals surface area contributed by atoms with Gasteiger partial charge in [-0.1, -0.05) is 11.8 Å². The van der Waals surface area contributed by atoms with Crippen LogP contribution in [0.4, 0.5) is 0 Å². The van der Waals surface area contributed by atoms with Gasteiger partial charge in [-0.05, 0) is 33.3 Å². The Labute approximate surface area is 120 Å². The first-order chi connectivity index (χ1) is 8.93. The molecule has 2 aromatic rings. The van der Waals surface area contributed by atoms with Crippen LogP contribution in [0.5, 0.6) is 0 Å². The molecule has 0 fully saturated rings. The van der Waals surface area contributed by atoms with Crippen molar-refractivity contribution >= 4 is 39.3 Å². The minimum absolute atomic E-state index is 0.237. The van der Waals surface area contributed by atoms with Crippen LogP contribution in [0.1, 0.15) is 23.2 Å². The molecule has 0 amide bonds. The van der Waals surface area contributed by atoms with Gasteiger partial charge in [0, 0.05) is 10.3 Å². The number of aromatic nitrogens is 2. The molecule has 0 saturated carbocycles. The van der Waals surface area contributed by atoms with Gasteiger partial charge >= 0.3 is 5.97 Å². The van der Waals surface area contributed by atoms with Crippen LogP contribution in [-0.2, 0) is 9.53 Å². The van der Waals surface area contributed by atoms with E-state index in [0.717, 1.165) is 21.1 Å². The third-order valence-electron chi connectivity index (χ3n) is 2.93. The molecule has 0 aliphatic heterocycles. The van der Waals surface area contributed by atoms with Crippen molar-refractivity contribution in [3.8, 4) is 0 Å². The number of carbonyl (C=O) groups is 1. The normalized spacial score (nSPS) is 12.7. The molecule has 0 aliphatic rings. The van der Waals surface area contributed by atoms with Gasteiger partial charge in [0.25, 0.3) is 0 Å². The number of esters is 1. The molecule has 6 heteroatoms. The molecule has 19 heavy (non-hydrogen) atoms. The van der Waals surface area contributed by atoms with E-state index < -0.39 is 0 Å². The number of hydrogen-bond acceptors (Lipinski definition) is 6. The third-order valence-corrected chi connectivity index (χ3v) is 5.09. The highest BCUT2D eigenvalue weighted by Crippen LogP contribution is 2.36. The Morgan fingerprint density at radius 3 is 2.63 bits per heavy atom. The topological polar surface area (TPSA) is 52.1 Å². The van der Waals surface area contributed by atoms with E-state index >= 15 is 0 Å². The Bertz CT molecular complexity index is 637. The minimum Gasteiger partial charge on any atom is -0.468 e. The van der Waals surface area contributed by atoms with Gasteiger partial charge in [-0.2, -0.15) is 0 Å². The number of aryl methyl sites for hydroxylation is 3. The van der Waals surface area contributed by atoms with Crippen LogP contribution in [0.25, 0.3) is 10.2 Å². The van der Waals surface area contributed by atoms with Gasteiger partial charge in [0.1, 0.15) is 20.9 Å². The van der Waals surface area contributed by atoms with Crippen LogP contribution >= 0.6 is 23.1 Å². The highest BCUT2D eigenvalue weighted by Gasteiger charge is 2.20. The highest BCUT2D eigenvalue weighted by atomic mass is 32.2. The van der Waals surface area contributed by atoms with E-state index in [-0.39, 0.29) is 11.2 Å². The van der Waals surface area contributed by atoms with E-state index in [9.17, 15) is 4.79 Å². The molecule has 1 atom stereocenters. The van der Waals surface area contributed by atoms with Crippen molar-refractivity contribution in [1.29, 1.82) is 0 Å². The second-order valence-electron chi connectivity index (χ2n) is 4.32. The molecule has 0 unspecified atom stereocenters. The van der Waals surface area contributed by atoms with Crippen molar-refractivity contribution in [1.82, 2.24) is 9.97 Å². The number of hydrogen-bond donors (Lipinski definition) is 0. The molecule has 4 nitrogen and oxygen atoms in total. The lowest BCUT2D eigenvalue weighted by atomic mass is 10.2. The first-order valence-corrected chi connectivity index (χ1v) is 7.62. The summed E-state index contributed by atoms with van der Waals surface area (Å²) in [5.41, 5.74) is 1.19. The maximum atomic E-state index is 11.5. The first kappa shape index (κ1) is 14.3. The number of methoxy groups -OCH3 is 1. The maximum Gasteiger partial charge on any atom is 0.318 e. The van der Waals surface area contributed by atoms with Crippen molar-refractivity contribution in [3.05, 3.63) is 16.3 Å². The molecular weight excluding hydrogens is 280 g/mol. The fourth-order valence-electron chi connectivity index (χ4n) is 1.78. The van der Waals surface area contributed by atoms with Crippen molar-refractivity contribution in [2.24, 2.45) is 0 Å². The van der Waals surface area contributed by atoms with Crippen molar-refractivity contribution in [2.75, 3.05) is 7.11 Å². The molecule has 0 aromatic carbocycles. The van der Waals surface area contributed by atoms with Crippen LogP contribution in [0.3, 0.4) is 0 Å². The summed E-state index contributed by atoms with van der Waals surface area (Å²) in [7, 11) is 1.40. The molecule has 0 N–H and O–H groups in total. The average Bonchev–Trinajstić information content (AvgIpc) is 2.63. The molecule has 0 radical (unpaired) electrons. The van der Waals surface area contributed by atoms with Crippen LogP contribution in [0.15, 0.2) is 5.03 Å². The maximum absolute atomic E-state index is 11.5. The number of nitrogens with zero attached hydrogens (tertiary/aromatic N) is 2. The fraction of sp³-hybridized carbons (Fsp3) is 0.462. The van der Waals surface area contributed by atoms with Crippen LogP contribution in [0, 0.1) is 20.8 Å². The Morgan fingerprint density at radius 2 is 2.00 bits per heavy atom. The molecular formula is C13H16N2O2S2. The molecule has 0 bridgehead atoms. The quantitative estimate of drug-likeness (QED) is 0.494. The van der Waals surface area contributed by atoms with E-state index in [1.54, 1.807) is 11.3 Å². The number of thioether (sulfide) groups is 1. The minimum atomic E-state index is -0.276. The molecule has 102 valence electrons. The summed E-state index contributed by atoms with van der Waals surface area (Å²) in [5, 5.41) is 1.65. The molecule has 2 rings (SSSR count). The Kier molecular flexibility index (Phi) is 4.10. The largest absolute Gasteiger partial charge is 0.468 e. The van der Waals surface area contributed by atoms with E-state index in [1.165, 1.54) is 29.3 Å². The van der Waals surface area contributed by atoms with Gasteiger partial charge in [-0.15, -0.1) is 11.3 Å². The predicted molar refractivity (Wildman–Crippen MR) is 79.0 cm³/mol. The van der Waals surface area contributed by atoms with E-state index in [0.29, 0.717) is 0 Å². The summed E-state index contributed by atoms with van der Waals surface area (Å²) < 4.78 is 4.76. The second kappa shape index (κ2) is 5.46. The number of ether oxygens (including phenoxy) is 1. The Balaban J connectivity index is 2.50. The summed E-state index contributed by atoms with van der Waals surface area (Å²) in [4.78, 5) is 22.7. The predicted octanol–water partition coefficient (Wildman–Crippen LogP) is 3.27. The van der Waals surface area contributed by atoms with Crippen molar-refractivity contribution in [2.45, 2.75) is 38.0 Å². The van der Waals surface area contributed by atoms with Gasteiger partial charge in [0.05, 0.1) is 7.11 Å². The molecule has 0 spiro atoms. The monoisotopic (exact) mass is 296 g/mol. The summed E-state index contributed by atoms with van der Waals surface area (Å²) in [6.45, 7) is 7.85. The number of carbonyl (C=O) groups excluding carboxylic acids is 1. The summed E-state index contributed by atoms with van der Waals surface area (Å²) in [5.74, 6) is 0.493. The highest BCUT2D eigenvalue weighted by molar-refractivity contribution is 8.00. The third kappa shape index (κ3) is 2.74. The zero-order valence-corrected chi connectivity index (χ0v) is 13.2. The van der Waals surface area contributed by atoms with Gasteiger partial charge < -0.3 is 4.74 Å². The number of fused-ring (bicyclic) bond motifs is 1. The second-order valence-corrected chi connectivity index (χ2v) is 6.86. The molecule has 0 saturated heterocycles. The molecule has 2 aromatic heterocycles. The van der Waals surface area contributed by atoms with Gasteiger partial charge in [-0.3, -0.25) is 4.79 Å². The smallest absolute Gasteiger partial charge is 0.318 e. The van der Waals surface area contributed by atoms with E-state index in [1.807, 2.05) is 13.8 Å². The molecule has 0 aliphatic carbocycles. The average molecular weight is 296 g/mol. The first-order valence-electron chi connectivity index (χ1n) is 5.93. The zero-order valence-electron chi connectivity index (χ0n) is 11.6. The summed E-state index contributed by atoms with van der Waals surface area (Å²) in [6, 6.07) is 0.